The van der Waals surface area contributed by atoms with E-state index in [0.29, 0.717) is 35.4 Å². The third-order valence-corrected chi connectivity index (χ3v) is 9.70. The molecule has 0 spiro atoms. The molecule has 3 aromatic rings. The summed E-state index contributed by atoms with van der Waals surface area (Å²) in [4.78, 5) is 31.1. The number of ether oxygens (including phenoxy) is 1. The first-order chi connectivity index (χ1) is 22.1. The van der Waals surface area contributed by atoms with Gasteiger partial charge >= 0.3 is 0 Å². The number of nitrogens with zero attached hydrogens (tertiary/aromatic N) is 4. The fourth-order valence-electron chi connectivity index (χ4n) is 6.92. The first-order valence-electron chi connectivity index (χ1n) is 16.0. The molecule has 46 heavy (non-hydrogen) atoms. The summed E-state index contributed by atoms with van der Waals surface area (Å²) in [5.74, 6) is 0.714. The molecule has 2 amide bonds. The lowest BCUT2D eigenvalue weighted by Gasteiger charge is -2.40. The number of rotatable bonds is 7. The van der Waals surface area contributed by atoms with Gasteiger partial charge in [0.05, 0.1) is 18.3 Å². The topological polar surface area (TPSA) is 65.5 Å². The Hall–Kier alpha value is -3.65. The Morgan fingerprint density at radius 3 is 2.28 bits per heavy atom. The molecule has 3 aromatic carbocycles. The molecule has 3 atom stereocenters. The van der Waals surface area contributed by atoms with Crippen LogP contribution in [-0.2, 0) is 9.59 Å². The monoisotopic (exact) mass is 658 g/mol. The average molecular weight is 660 g/mol. The number of aryl methyl sites for hydroxylation is 2. The molecule has 7 nitrogen and oxygen atoms in total. The molecule has 9 heteroatoms. The third-order valence-electron chi connectivity index (χ3n) is 9.19. The van der Waals surface area contributed by atoms with Gasteiger partial charge in [-0.3, -0.25) is 14.5 Å². The number of carbonyl (C=O) groups is 2. The lowest BCUT2D eigenvalue weighted by Crippen LogP contribution is -2.56. The van der Waals surface area contributed by atoms with Crippen LogP contribution < -0.4 is 4.74 Å². The maximum Gasteiger partial charge on any atom is 0.260 e. The van der Waals surface area contributed by atoms with Gasteiger partial charge in [-0.05, 0) is 110 Å². The highest BCUT2D eigenvalue weighted by molar-refractivity contribution is 6.30. The van der Waals surface area contributed by atoms with Crippen LogP contribution in [0, 0.1) is 19.8 Å². The minimum absolute atomic E-state index is 0.00412. The van der Waals surface area contributed by atoms with Gasteiger partial charge in [0.15, 0.2) is 6.61 Å². The van der Waals surface area contributed by atoms with Crippen molar-refractivity contribution >= 4 is 46.8 Å². The normalized spacial score (nSPS) is 22.5. The molecule has 2 unspecified atom stereocenters. The van der Waals surface area contributed by atoms with Crippen LogP contribution in [0.1, 0.15) is 54.5 Å². The van der Waals surface area contributed by atoms with Crippen LogP contribution in [0.5, 0.6) is 5.75 Å². The van der Waals surface area contributed by atoms with Crippen LogP contribution in [0.4, 0.5) is 0 Å². The highest BCUT2D eigenvalue weighted by Crippen LogP contribution is 2.44. The standard InChI is InChI=1S/C37H40Cl2N4O3/c1-24-17-25(2)19-32(18-24)46-23-35(45)42-16-15-41(26(3)21-42)22-34(44)43-37(28-9-13-31(39)14-10-28)33-6-4-5-29(36(33)40-43)20-27-7-11-30(38)12-8-27/h7-14,17-20,26,33,37H,4-6,15-16,21-23H2,1-3H3/b29-20-/t26-,33?,37?/m1/s1. The zero-order chi connectivity index (χ0) is 32.4. The van der Waals surface area contributed by atoms with Crippen LogP contribution in [0.25, 0.3) is 6.08 Å². The van der Waals surface area contributed by atoms with Crippen LogP contribution in [0.3, 0.4) is 0 Å². The van der Waals surface area contributed by atoms with Crippen molar-refractivity contribution in [2.75, 3.05) is 32.8 Å². The van der Waals surface area contributed by atoms with Crippen molar-refractivity contribution in [2.45, 2.75) is 52.1 Å². The summed E-state index contributed by atoms with van der Waals surface area (Å²) in [5.41, 5.74) is 6.45. The summed E-state index contributed by atoms with van der Waals surface area (Å²) in [5, 5.41) is 8.13. The number of hydrogen-bond donors (Lipinski definition) is 0. The summed E-state index contributed by atoms with van der Waals surface area (Å²) < 4.78 is 5.84. The Labute approximate surface area is 281 Å². The molecule has 1 saturated carbocycles. The molecule has 2 fully saturated rings. The quantitative estimate of drug-likeness (QED) is 0.266. The highest BCUT2D eigenvalue weighted by Gasteiger charge is 2.44. The molecule has 6 rings (SSSR count). The van der Waals surface area contributed by atoms with Gasteiger partial charge in [-0.1, -0.05) is 53.5 Å². The predicted molar refractivity (Wildman–Crippen MR) is 184 cm³/mol. The van der Waals surface area contributed by atoms with E-state index in [0.717, 1.165) is 52.8 Å². The van der Waals surface area contributed by atoms with Gasteiger partial charge in [-0.25, -0.2) is 5.01 Å². The van der Waals surface area contributed by atoms with E-state index >= 15 is 0 Å². The Morgan fingerprint density at radius 2 is 1.61 bits per heavy atom. The molecular weight excluding hydrogens is 619 g/mol. The Morgan fingerprint density at radius 1 is 0.935 bits per heavy atom. The number of carbonyl (C=O) groups excluding carboxylic acids is 2. The van der Waals surface area contributed by atoms with Crippen molar-refractivity contribution in [3.8, 4) is 5.75 Å². The average Bonchev–Trinajstić information content (AvgIpc) is 3.43. The zero-order valence-electron chi connectivity index (χ0n) is 26.6. The van der Waals surface area contributed by atoms with Crippen molar-refractivity contribution in [1.82, 2.24) is 14.8 Å². The van der Waals surface area contributed by atoms with E-state index in [1.165, 1.54) is 0 Å². The van der Waals surface area contributed by atoms with Crippen molar-refractivity contribution in [3.63, 3.8) is 0 Å². The summed E-state index contributed by atoms with van der Waals surface area (Å²) in [6.07, 6.45) is 5.06. The first kappa shape index (κ1) is 32.3. The number of piperazine rings is 1. The van der Waals surface area contributed by atoms with Crippen molar-refractivity contribution in [3.05, 3.63) is 105 Å². The number of hydrazone groups is 1. The summed E-state index contributed by atoms with van der Waals surface area (Å²) >= 11 is 12.4. The number of halogens is 2. The first-order valence-corrected chi connectivity index (χ1v) is 16.8. The van der Waals surface area contributed by atoms with E-state index in [9.17, 15) is 9.59 Å². The van der Waals surface area contributed by atoms with Crippen molar-refractivity contribution < 1.29 is 14.3 Å². The molecule has 240 valence electrons. The number of allylic oxidation sites excluding steroid dienone is 1. The van der Waals surface area contributed by atoms with E-state index in [-0.39, 0.29) is 43.0 Å². The van der Waals surface area contributed by atoms with Crippen molar-refractivity contribution in [1.29, 1.82) is 0 Å². The Kier molecular flexibility index (Phi) is 9.83. The van der Waals surface area contributed by atoms with Crippen LogP contribution >= 0.6 is 23.2 Å². The second kappa shape index (κ2) is 14.0. The van der Waals surface area contributed by atoms with Crippen LogP contribution in [0.2, 0.25) is 10.0 Å². The predicted octanol–water partition coefficient (Wildman–Crippen LogP) is 7.34. The molecular formula is C37H40Cl2N4O3. The Balaban J connectivity index is 1.16. The summed E-state index contributed by atoms with van der Waals surface area (Å²) in [6.45, 7) is 8.00. The molecule has 0 N–H and O–H groups in total. The zero-order valence-corrected chi connectivity index (χ0v) is 28.1. The van der Waals surface area contributed by atoms with Crippen molar-refractivity contribution in [2.24, 2.45) is 11.0 Å². The molecule has 0 bridgehead atoms. The largest absolute Gasteiger partial charge is 0.484 e. The summed E-state index contributed by atoms with van der Waals surface area (Å²) in [7, 11) is 0. The van der Waals surface area contributed by atoms with Gasteiger partial charge in [0, 0.05) is 41.6 Å². The van der Waals surface area contributed by atoms with Crippen LogP contribution in [-0.4, -0.2) is 71.2 Å². The molecule has 1 aliphatic carbocycles. The molecule has 2 aliphatic heterocycles. The molecule has 0 radical (unpaired) electrons. The SMILES string of the molecule is Cc1cc(C)cc(OCC(=O)N2CCN(CC(=O)N3N=C4/C(=C\c5ccc(Cl)cc5)CCCC4C3c3ccc(Cl)cc3)[C@H](C)C2)c1. The van der Waals surface area contributed by atoms with E-state index in [1.54, 1.807) is 5.01 Å². The van der Waals surface area contributed by atoms with E-state index in [2.05, 4.69) is 24.0 Å². The number of benzene rings is 3. The molecule has 2 heterocycles. The second-order valence-corrected chi connectivity index (χ2v) is 13.6. The minimum atomic E-state index is -0.200. The number of amides is 2. The molecule has 3 aliphatic rings. The summed E-state index contributed by atoms with van der Waals surface area (Å²) in [6, 6.07) is 21.4. The fraction of sp³-hybridized carbons (Fsp3) is 0.378. The Bertz CT molecular complexity index is 1630. The number of hydrogen-bond acceptors (Lipinski definition) is 5. The van der Waals surface area contributed by atoms with Gasteiger partial charge in [-0.2, -0.15) is 5.10 Å². The number of fused-ring (bicyclic) bond motifs is 1. The smallest absolute Gasteiger partial charge is 0.260 e. The molecule has 0 aromatic heterocycles. The van der Waals surface area contributed by atoms with E-state index < -0.39 is 0 Å². The third kappa shape index (κ3) is 7.33. The van der Waals surface area contributed by atoms with E-state index in [4.69, 9.17) is 33.0 Å². The second-order valence-electron chi connectivity index (χ2n) is 12.7. The van der Waals surface area contributed by atoms with Gasteiger partial charge in [-0.15, -0.1) is 0 Å². The van der Waals surface area contributed by atoms with Crippen LogP contribution in [0.15, 0.2) is 77.4 Å². The fourth-order valence-corrected chi connectivity index (χ4v) is 7.17. The maximum atomic E-state index is 14.1. The van der Waals surface area contributed by atoms with E-state index in [1.807, 2.05) is 79.4 Å². The minimum Gasteiger partial charge on any atom is -0.484 e. The maximum absolute atomic E-state index is 14.1. The molecule has 1 saturated heterocycles. The lowest BCUT2D eigenvalue weighted by molar-refractivity contribution is -0.139. The van der Waals surface area contributed by atoms with Gasteiger partial charge in [0.2, 0.25) is 0 Å². The van der Waals surface area contributed by atoms with Gasteiger partial charge < -0.3 is 9.64 Å². The highest BCUT2D eigenvalue weighted by atomic mass is 35.5. The van der Waals surface area contributed by atoms with Gasteiger partial charge in [0.1, 0.15) is 5.75 Å². The van der Waals surface area contributed by atoms with Gasteiger partial charge in [0.25, 0.3) is 11.8 Å². The lowest BCUT2D eigenvalue weighted by atomic mass is 9.77.